The molecule has 1 aliphatic rings. The van der Waals surface area contributed by atoms with Crippen LogP contribution < -0.4 is 15.0 Å². The van der Waals surface area contributed by atoms with Gasteiger partial charge in [-0.3, -0.25) is 19.7 Å². The molecule has 9 heteroatoms. The van der Waals surface area contributed by atoms with E-state index in [1.165, 1.54) is 12.1 Å². The molecule has 152 valence electrons. The van der Waals surface area contributed by atoms with Gasteiger partial charge in [-0.25, -0.2) is 0 Å². The summed E-state index contributed by atoms with van der Waals surface area (Å²) in [5, 5.41) is 13.7. The van der Waals surface area contributed by atoms with E-state index in [-0.39, 0.29) is 28.8 Å². The minimum atomic E-state index is -0.686. The lowest BCUT2D eigenvalue weighted by molar-refractivity contribution is -0.384. The van der Waals surface area contributed by atoms with Crippen LogP contribution in [0.4, 0.5) is 17.1 Å². The second-order valence-corrected chi connectivity index (χ2v) is 7.69. The molecule has 0 spiro atoms. The SMILES string of the molecule is CCN1C(=O)C(C)(C)COc2cc(NC(=O)c3cc([N+](=O)[O-])ccc3Cl)ccc21. The first kappa shape index (κ1) is 20.6. The molecule has 0 bridgehead atoms. The van der Waals surface area contributed by atoms with E-state index in [1.54, 1.807) is 23.1 Å². The Balaban J connectivity index is 1.91. The highest BCUT2D eigenvalue weighted by Crippen LogP contribution is 2.38. The Morgan fingerprint density at radius 3 is 2.69 bits per heavy atom. The van der Waals surface area contributed by atoms with Crippen LogP contribution in [0.3, 0.4) is 0 Å². The third-order valence-electron chi connectivity index (χ3n) is 4.64. The summed E-state index contributed by atoms with van der Waals surface area (Å²) in [5.41, 5.74) is 0.107. The number of nitro groups is 1. The van der Waals surface area contributed by atoms with E-state index >= 15 is 0 Å². The molecule has 1 aliphatic heterocycles. The molecule has 0 fully saturated rings. The van der Waals surface area contributed by atoms with Gasteiger partial charge in [-0.05, 0) is 39.0 Å². The molecule has 2 aromatic rings. The predicted octanol–water partition coefficient (Wildman–Crippen LogP) is 4.27. The largest absolute Gasteiger partial charge is 0.490 e. The second kappa shape index (κ2) is 7.71. The van der Waals surface area contributed by atoms with Crippen LogP contribution in [0.15, 0.2) is 36.4 Å². The molecule has 1 N–H and O–H groups in total. The van der Waals surface area contributed by atoms with Crippen molar-refractivity contribution in [2.24, 2.45) is 5.41 Å². The third kappa shape index (κ3) is 4.02. The van der Waals surface area contributed by atoms with Gasteiger partial charge >= 0.3 is 0 Å². The van der Waals surface area contributed by atoms with E-state index in [2.05, 4.69) is 5.32 Å². The third-order valence-corrected chi connectivity index (χ3v) is 4.97. The number of hydrogen-bond donors (Lipinski definition) is 1. The van der Waals surface area contributed by atoms with Crippen molar-refractivity contribution in [1.29, 1.82) is 0 Å². The van der Waals surface area contributed by atoms with Crippen molar-refractivity contribution >= 4 is 40.5 Å². The Labute approximate surface area is 172 Å². The van der Waals surface area contributed by atoms with Gasteiger partial charge in [0.1, 0.15) is 12.4 Å². The van der Waals surface area contributed by atoms with E-state index in [0.717, 1.165) is 6.07 Å². The molecule has 0 saturated heterocycles. The van der Waals surface area contributed by atoms with Crippen molar-refractivity contribution in [3.63, 3.8) is 0 Å². The molecule has 0 aromatic heterocycles. The van der Waals surface area contributed by atoms with E-state index in [9.17, 15) is 19.7 Å². The summed E-state index contributed by atoms with van der Waals surface area (Å²) in [4.78, 5) is 37.3. The number of rotatable bonds is 4. The standard InChI is InChI=1S/C20H20ClN3O5/c1-4-23-16-8-5-12(9-17(16)29-11-20(2,3)19(23)26)22-18(25)14-10-13(24(27)28)6-7-15(14)21/h5-10H,4,11H2,1-3H3,(H,22,25). The molecule has 3 rings (SSSR count). The highest BCUT2D eigenvalue weighted by molar-refractivity contribution is 6.34. The van der Waals surface area contributed by atoms with Crippen LogP contribution in [-0.2, 0) is 4.79 Å². The topological polar surface area (TPSA) is 102 Å². The number of nitrogens with zero attached hydrogens (tertiary/aromatic N) is 2. The van der Waals surface area contributed by atoms with Gasteiger partial charge in [0.2, 0.25) is 5.91 Å². The molecular weight excluding hydrogens is 398 g/mol. The zero-order valence-corrected chi connectivity index (χ0v) is 16.9. The number of carbonyl (C=O) groups is 2. The maximum Gasteiger partial charge on any atom is 0.270 e. The molecule has 0 atom stereocenters. The van der Waals surface area contributed by atoms with Crippen molar-refractivity contribution in [3.05, 3.63) is 57.1 Å². The molecule has 1 heterocycles. The number of fused-ring (bicyclic) bond motifs is 1. The Bertz CT molecular complexity index is 1010. The van der Waals surface area contributed by atoms with Crippen LogP contribution in [0.1, 0.15) is 31.1 Å². The van der Waals surface area contributed by atoms with E-state index in [4.69, 9.17) is 16.3 Å². The molecule has 0 unspecified atom stereocenters. The summed E-state index contributed by atoms with van der Waals surface area (Å²) < 4.78 is 5.84. The summed E-state index contributed by atoms with van der Waals surface area (Å²) in [5.74, 6) is -0.163. The first-order valence-electron chi connectivity index (χ1n) is 8.98. The highest BCUT2D eigenvalue weighted by Gasteiger charge is 2.37. The Hall–Kier alpha value is -3.13. The molecule has 29 heavy (non-hydrogen) atoms. The molecule has 2 aromatic carbocycles. The number of non-ortho nitro benzene ring substituents is 1. The van der Waals surface area contributed by atoms with Crippen molar-refractivity contribution in [2.75, 3.05) is 23.4 Å². The van der Waals surface area contributed by atoms with Crippen molar-refractivity contribution in [3.8, 4) is 5.75 Å². The quantitative estimate of drug-likeness (QED) is 0.591. The van der Waals surface area contributed by atoms with Gasteiger partial charge in [0, 0.05) is 30.4 Å². The van der Waals surface area contributed by atoms with Crippen molar-refractivity contribution < 1.29 is 19.2 Å². The molecule has 0 aliphatic carbocycles. The predicted molar refractivity (Wildman–Crippen MR) is 110 cm³/mol. The van der Waals surface area contributed by atoms with Crippen LogP contribution in [0.25, 0.3) is 0 Å². The van der Waals surface area contributed by atoms with Gasteiger partial charge in [0.15, 0.2) is 0 Å². The zero-order chi connectivity index (χ0) is 21.3. The normalized spacial score (nSPS) is 15.2. The molecule has 8 nitrogen and oxygen atoms in total. The van der Waals surface area contributed by atoms with E-state index in [0.29, 0.717) is 23.7 Å². The lowest BCUT2D eigenvalue weighted by Crippen LogP contribution is -2.42. The van der Waals surface area contributed by atoms with Crippen molar-refractivity contribution in [2.45, 2.75) is 20.8 Å². The zero-order valence-electron chi connectivity index (χ0n) is 16.2. The number of ether oxygens (including phenoxy) is 1. The Morgan fingerprint density at radius 1 is 1.31 bits per heavy atom. The number of nitro benzene ring substituents is 1. The average Bonchev–Trinajstić information content (AvgIpc) is 2.76. The first-order valence-corrected chi connectivity index (χ1v) is 9.36. The molecule has 0 saturated carbocycles. The van der Waals surface area contributed by atoms with Gasteiger partial charge in [-0.15, -0.1) is 0 Å². The summed E-state index contributed by atoms with van der Waals surface area (Å²) >= 11 is 6.03. The summed E-state index contributed by atoms with van der Waals surface area (Å²) in [6.07, 6.45) is 0. The maximum absolute atomic E-state index is 12.7. The van der Waals surface area contributed by atoms with Crippen LogP contribution in [0.5, 0.6) is 5.75 Å². The number of carbonyl (C=O) groups excluding carboxylic acids is 2. The van der Waals surface area contributed by atoms with Crippen LogP contribution in [-0.4, -0.2) is 29.9 Å². The summed E-state index contributed by atoms with van der Waals surface area (Å²) in [7, 11) is 0. The number of halogens is 1. The van der Waals surface area contributed by atoms with Gasteiger partial charge in [0.25, 0.3) is 11.6 Å². The van der Waals surface area contributed by atoms with Crippen LogP contribution in [0, 0.1) is 15.5 Å². The smallest absolute Gasteiger partial charge is 0.270 e. The first-order chi connectivity index (χ1) is 13.6. The lowest BCUT2D eigenvalue weighted by atomic mass is 9.93. The van der Waals surface area contributed by atoms with Crippen LogP contribution >= 0.6 is 11.6 Å². The minimum Gasteiger partial charge on any atom is -0.490 e. The number of hydrogen-bond acceptors (Lipinski definition) is 5. The number of nitrogens with one attached hydrogen (secondary N) is 1. The van der Waals surface area contributed by atoms with Gasteiger partial charge in [-0.1, -0.05) is 11.6 Å². The van der Waals surface area contributed by atoms with Gasteiger partial charge in [-0.2, -0.15) is 0 Å². The fourth-order valence-electron chi connectivity index (χ4n) is 3.04. The van der Waals surface area contributed by atoms with Crippen LogP contribution in [0.2, 0.25) is 5.02 Å². The average molecular weight is 418 g/mol. The number of benzene rings is 2. The fourth-order valence-corrected chi connectivity index (χ4v) is 3.24. The van der Waals surface area contributed by atoms with Crippen molar-refractivity contribution in [1.82, 2.24) is 0 Å². The molecule has 2 amide bonds. The van der Waals surface area contributed by atoms with Gasteiger partial charge in [0.05, 0.1) is 26.6 Å². The second-order valence-electron chi connectivity index (χ2n) is 7.28. The number of amides is 2. The fraction of sp³-hybridized carbons (Fsp3) is 0.300. The van der Waals surface area contributed by atoms with Gasteiger partial charge < -0.3 is 15.0 Å². The summed E-state index contributed by atoms with van der Waals surface area (Å²) in [6, 6.07) is 8.62. The summed E-state index contributed by atoms with van der Waals surface area (Å²) in [6.45, 7) is 6.19. The number of anilines is 2. The highest BCUT2D eigenvalue weighted by atomic mass is 35.5. The Kier molecular flexibility index (Phi) is 5.48. The van der Waals surface area contributed by atoms with E-state index < -0.39 is 16.2 Å². The maximum atomic E-state index is 12.7. The molecule has 0 radical (unpaired) electrons. The minimum absolute atomic E-state index is 0.0109. The van der Waals surface area contributed by atoms with E-state index in [1.807, 2.05) is 20.8 Å². The molecular formula is C20H20ClN3O5. The Morgan fingerprint density at radius 2 is 2.03 bits per heavy atom. The lowest BCUT2D eigenvalue weighted by Gasteiger charge is -2.26. The monoisotopic (exact) mass is 417 g/mol.